The van der Waals surface area contributed by atoms with Crippen LogP contribution in [0.2, 0.25) is 0 Å². The lowest BCUT2D eigenvalue weighted by Gasteiger charge is -2.29. The summed E-state index contributed by atoms with van der Waals surface area (Å²) in [4.78, 5) is 0. The molecule has 0 radical (unpaired) electrons. The Morgan fingerprint density at radius 1 is 1.12 bits per heavy atom. The van der Waals surface area contributed by atoms with Crippen molar-refractivity contribution in [3.05, 3.63) is 35.4 Å². The van der Waals surface area contributed by atoms with Crippen molar-refractivity contribution in [3.63, 3.8) is 0 Å². The summed E-state index contributed by atoms with van der Waals surface area (Å²) in [6.45, 7) is 5.63. The minimum absolute atomic E-state index is 0.407. The minimum atomic E-state index is 0.407. The van der Waals surface area contributed by atoms with Crippen molar-refractivity contribution in [2.24, 2.45) is 0 Å². The van der Waals surface area contributed by atoms with Gasteiger partial charge in [0.2, 0.25) is 0 Å². The van der Waals surface area contributed by atoms with E-state index in [2.05, 4.69) is 50.5 Å². The van der Waals surface area contributed by atoms with Crippen LogP contribution in [0.25, 0.3) is 0 Å². The van der Waals surface area contributed by atoms with Crippen LogP contribution >= 0.6 is 0 Å². The summed E-state index contributed by atoms with van der Waals surface area (Å²) in [5.74, 6) is 0.632. The second kappa shape index (κ2) is 5.22. The smallest absolute Gasteiger partial charge is 0.00776 e. The van der Waals surface area contributed by atoms with Crippen LogP contribution in [0.15, 0.2) is 24.3 Å². The maximum absolute atomic E-state index is 3.39. The fraction of sp³-hybridized carbons (Fsp3) is 0.625. The van der Waals surface area contributed by atoms with Crippen molar-refractivity contribution in [2.75, 3.05) is 13.6 Å². The number of hydrogen-bond acceptors (Lipinski definition) is 1. The van der Waals surface area contributed by atoms with Gasteiger partial charge in [0.05, 0.1) is 0 Å². The first-order chi connectivity index (χ1) is 8.18. The molecule has 0 heterocycles. The fourth-order valence-electron chi connectivity index (χ4n) is 3.18. The van der Waals surface area contributed by atoms with Crippen molar-refractivity contribution >= 4 is 0 Å². The molecule has 1 aromatic carbocycles. The highest BCUT2D eigenvalue weighted by Crippen LogP contribution is 2.40. The summed E-state index contributed by atoms with van der Waals surface area (Å²) < 4.78 is 0. The van der Waals surface area contributed by atoms with E-state index in [1.807, 2.05) is 0 Å². The van der Waals surface area contributed by atoms with Crippen LogP contribution in [0, 0.1) is 0 Å². The molecule has 2 rings (SSSR count). The Bertz CT molecular complexity index is 344. The summed E-state index contributed by atoms with van der Waals surface area (Å²) in [6.07, 6.45) is 5.45. The molecule has 0 spiro atoms. The molecule has 0 atom stereocenters. The van der Waals surface area contributed by atoms with Crippen molar-refractivity contribution in [3.8, 4) is 0 Å². The maximum Gasteiger partial charge on any atom is 0.00776 e. The first-order valence-electron chi connectivity index (χ1n) is 6.93. The molecule has 0 amide bonds. The van der Waals surface area contributed by atoms with Gasteiger partial charge < -0.3 is 5.32 Å². The number of rotatable bonds is 4. The Morgan fingerprint density at radius 2 is 1.71 bits per heavy atom. The lowest BCUT2D eigenvalue weighted by Crippen LogP contribution is -2.34. The quantitative estimate of drug-likeness (QED) is 0.830. The molecular weight excluding hydrogens is 206 g/mol. The molecule has 0 aromatic heterocycles. The molecule has 1 nitrogen and oxygen atoms in total. The Labute approximate surface area is 106 Å². The Kier molecular flexibility index (Phi) is 3.88. The van der Waals surface area contributed by atoms with E-state index >= 15 is 0 Å². The second-order valence-electron chi connectivity index (χ2n) is 5.79. The van der Waals surface area contributed by atoms with Gasteiger partial charge in [-0.2, -0.15) is 0 Å². The van der Waals surface area contributed by atoms with Crippen molar-refractivity contribution in [1.29, 1.82) is 0 Å². The number of nitrogens with one attached hydrogen (secondary N) is 1. The normalized spacial score (nSPS) is 18.8. The highest BCUT2D eigenvalue weighted by atomic mass is 14.8. The molecule has 0 aliphatic heterocycles. The first-order valence-corrected chi connectivity index (χ1v) is 6.93. The highest BCUT2D eigenvalue weighted by molar-refractivity contribution is 5.32. The molecule has 1 N–H and O–H groups in total. The first kappa shape index (κ1) is 12.6. The summed E-state index contributed by atoms with van der Waals surface area (Å²) >= 11 is 0. The zero-order chi connectivity index (χ0) is 12.3. The van der Waals surface area contributed by atoms with E-state index in [4.69, 9.17) is 0 Å². The van der Waals surface area contributed by atoms with E-state index in [0.717, 1.165) is 6.54 Å². The van der Waals surface area contributed by atoms with Gasteiger partial charge in [0.25, 0.3) is 0 Å². The third-order valence-electron chi connectivity index (χ3n) is 4.27. The molecule has 0 bridgehead atoms. The summed E-state index contributed by atoms with van der Waals surface area (Å²) in [5.41, 5.74) is 3.39. The highest BCUT2D eigenvalue weighted by Gasteiger charge is 2.34. The van der Waals surface area contributed by atoms with Crippen LogP contribution in [0.1, 0.15) is 56.6 Å². The Balaban J connectivity index is 2.24. The molecule has 1 fully saturated rings. The summed E-state index contributed by atoms with van der Waals surface area (Å²) in [6, 6.07) is 9.35. The van der Waals surface area contributed by atoms with Gasteiger partial charge in [-0.3, -0.25) is 0 Å². The van der Waals surface area contributed by atoms with Gasteiger partial charge in [0.1, 0.15) is 0 Å². The topological polar surface area (TPSA) is 12.0 Å². The monoisotopic (exact) mass is 231 g/mol. The summed E-state index contributed by atoms with van der Waals surface area (Å²) in [5, 5.41) is 3.39. The van der Waals surface area contributed by atoms with Gasteiger partial charge in [-0.25, -0.2) is 0 Å². The number of likely N-dealkylation sites (N-methyl/N-ethyl adjacent to an activating group) is 1. The third kappa shape index (κ3) is 2.55. The molecule has 17 heavy (non-hydrogen) atoms. The summed E-state index contributed by atoms with van der Waals surface area (Å²) in [7, 11) is 2.07. The number of hydrogen-bond donors (Lipinski definition) is 1. The van der Waals surface area contributed by atoms with Gasteiger partial charge >= 0.3 is 0 Å². The second-order valence-corrected chi connectivity index (χ2v) is 5.79. The molecular formula is C16H25N. The predicted molar refractivity (Wildman–Crippen MR) is 74.6 cm³/mol. The zero-order valence-electron chi connectivity index (χ0n) is 11.4. The SMILES string of the molecule is CNCC1(c2ccc(C(C)C)cc2)CCCC1. The zero-order valence-corrected chi connectivity index (χ0v) is 11.4. The Morgan fingerprint density at radius 3 is 2.18 bits per heavy atom. The molecule has 1 aliphatic rings. The fourth-order valence-corrected chi connectivity index (χ4v) is 3.18. The van der Waals surface area contributed by atoms with Gasteiger partial charge in [-0.05, 0) is 36.9 Å². The van der Waals surface area contributed by atoms with Gasteiger partial charge in [-0.1, -0.05) is 51.0 Å². The van der Waals surface area contributed by atoms with E-state index in [1.54, 1.807) is 0 Å². The van der Waals surface area contributed by atoms with Gasteiger partial charge in [0.15, 0.2) is 0 Å². The average molecular weight is 231 g/mol. The van der Waals surface area contributed by atoms with Crippen molar-refractivity contribution in [2.45, 2.75) is 50.9 Å². The lowest BCUT2D eigenvalue weighted by atomic mass is 9.78. The third-order valence-corrected chi connectivity index (χ3v) is 4.27. The van der Waals surface area contributed by atoms with E-state index < -0.39 is 0 Å². The number of benzene rings is 1. The average Bonchev–Trinajstić information content (AvgIpc) is 2.79. The standard InChI is InChI=1S/C16H25N/c1-13(2)14-6-8-15(9-7-14)16(12-17-3)10-4-5-11-16/h6-9,13,17H,4-5,10-12H2,1-3H3. The molecule has 1 aliphatic carbocycles. The molecule has 1 heteroatoms. The predicted octanol–water partition coefficient (Wildman–Crippen LogP) is 3.84. The lowest BCUT2D eigenvalue weighted by molar-refractivity contribution is 0.421. The maximum atomic E-state index is 3.39. The van der Waals surface area contributed by atoms with Gasteiger partial charge in [0, 0.05) is 12.0 Å². The molecule has 1 saturated carbocycles. The van der Waals surface area contributed by atoms with Crippen LogP contribution in [-0.2, 0) is 5.41 Å². The van der Waals surface area contributed by atoms with Crippen LogP contribution in [0.4, 0.5) is 0 Å². The minimum Gasteiger partial charge on any atom is -0.319 e. The van der Waals surface area contributed by atoms with Crippen LogP contribution < -0.4 is 5.32 Å². The van der Waals surface area contributed by atoms with Crippen molar-refractivity contribution < 1.29 is 0 Å². The molecule has 0 unspecified atom stereocenters. The molecule has 94 valence electrons. The van der Waals surface area contributed by atoms with E-state index in [0.29, 0.717) is 11.3 Å². The van der Waals surface area contributed by atoms with E-state index in [1.165, 1.54) is 36.8 Å². The van der Waals surface area contributed by atoms with Crippen LogP contribution in [0.3, 0.4) is 0 Å². The van der Waals surface area contributed by atoms with E-state index in [9.17, 15) is 0 Å². The largest absolute Gasteiger partial charge is 0.319 e. The molecule has 1 aromatic rings. The van der Waals surface area contributed by atoms with Crippen molar-refractivity contribution in [1.82, 2.24) is 5.32 Å². The van der Waals surface area contributed by atoms with Crippen LogP contribution in [0.5, 0.6) is 0 Å². The van der Waals surface area contributed by atoms with Gasteiger partial charge in [-0.15, -0.1) is 0 Å². The van der Waals surface area contributed by atoms with Crippen LogP contribution in [-0.4, -0.2) is 13.6 Å². The van der Waals surface area contributed by atoms with E-state index in [-0.39, 0.29) is 0 Å². The Hall–Kier alpha value is -0.820. The molecule has 0 saturated heterocycles.